The van der Waals surface area contributed by atoms with Gasteiger partial charge in [-0.2, -0.15) is 0 Å². The number of benzene rings is 2. The van der Waals surface area contributed by atoms with E-state index in [1.165, 1.54) is 16.7 Å². The van der Waals surface area contributed by atoms with Gasteiger partial charge in [0.25, 0.3) is 0 Å². The Morgan fingerprint density at radius 1 is 1.15 bits per heavy atom. The molecule has 0 aliphatic rings. The highest BCUT2D eigenvalue weighted by molar-refractivity contribution is 9.10. The molecule has 0 spiro atoms. The lowest BCUT2D eigenvalue weighted by atomic mass is 9.95. The van der Waals surface area contributed by atoms with E-state index in [2.05, 4.69) is 65.4 Å². The summed E-state index contributed by atoms with van der Waals surface area (Å²) in [6.45, 7) is 5.19. The van der Waals surface area contributed by atoms with Crippen LogP contribution < -0.4 is 10.1 Å². The Morgan fingerprint density at radius 3 is 2.45 bits per heavy atom. The number of ether oxygens (including phenoxy) is 1. The number of nitrogens with one attached hydrogen (secondary N) is 1. The SMILES string of the molecule is CCNC(c1ccc(OC)cc1)c1cccc(Br)c1C. The fourth-order valence-corrected chi connectivity index (χ4v) is 2.73. The van der Waals surface area contributed by atoms with Crippen LogP contribution in [0.1, 0.15) is 29.7 Å². The Hall–Kier alpha value is -1.32. The van der Waals surface area contributed by atoms with Crippen LogP contribution in [0, 0.1) is 6.92 Å². The molecule has 1 atom stereocenters. The highest BCUT2D eigenvalue weighted by Crippen LogP contribution is 2.29. The normalized spacial score (nSPS) is 12.2. The van der Waals surface area contributed by atoms with Crippen molar-refractivity contribution in [2.24, 2.45) is 0 Å². The average molecular weight is 334 g/mol. The largest absolute Gasteiger partial charge is 0.497 e. The fourth-order valence-electron chi connectivity index (χ4n) is 2.34. The van der Waals surface area contributed by atoms with Crippen molar-refractivity contribution < 1.29 is 4.74 Å². The summed E-state index contributed by atoms with van der Waals surface area (Å²) in [4.78, 5) is 0. The van der Waals surface area contributed by atoms with Gasteiger partial charge in [-0.25, -0.2) is 0 Å². The van der Waals surface area contributed by atoms with E-state index in [0.717, 1.165) is 16.8 Å². The molecule has 0 aliphatic carbocycles. The Morgan fingerprint density at radius 2 is 1.85 bits per heavy atom. The molecular formula is C17H20BrNO. The third kappa shape index (κ3) is 3.22. The predicted octanol–water partition coefficient (Wildman–Crippen LogP) is 4.47. The molecule has 0 fully saturated rings. The molecule has 2 aromatic rings. The van der Waals surface area contributed by atoms with Gasteiger partial charge in [0.05, 0.1) is 13.2 Å². The number of rotatable bonds is 5. The molecule has 2 nitrogen and oxygen atoms in total. The first-order chi connectivity index (χ1) is 9.67. The highest BCUT2D eigenvalue weighted by atomic mass is 79.9. The number of methoxy groups -OCH3 is 1. The van der Waals surface area contributed by atoms with E-state index in [9.17, 15) is 0 Å². The van der Waals surface area contributed by atoms with Crippen LogP contribution in [-0.4, -0.2) is 13.7 Å². The van der Waals surface area contributed by atoms with Crippen LogP contribution in [-0.2, 0) is 0 Å². The molecule has 1 N–H and O–H groups in total. The quantitative estimate of drug-likeness (QED) is 0.871. The first-order valence-electron chi connectivity index (χ1n) is 6.79. The molecular weight excluding hydrogens is 314 g/mol. The van der Waals surface area contributed by atoms with Crippen molar-refractivity contribution in [3.05, 3.63) is 63.6 Å². The van der Waals surface area contributed by atoms with Crippen molar-refractivity contribution in [3.63, 3.8) is 0 Å². The first-order valence-corrected chi connectivity index (χ1v) is 7.59. The van der Waals surface area contributed by atoms with Crippen molar-refractivity contribution in [1.29, 1.82) is 0 Å². The van der Waals surface area contributed by atoms with Crippen LogP contribution in [0.25, 0.3) is 0 Å². The zero-order valence-corrected chi connectivity index (χ0v) is 13.7. The lowest BCUT2D eigenvalue weighted by Gasteiger charge is -2.21. The molecule has 0 saturated carbocycles. The molecule has 0 saturated heterocycles. The lowest BCUT2D eigenvalue weighted by Crippen LogP contribution is -2.22. The highest BCUT2D eigenvalue weighted by Gasteiger charge is 2.16. The van der Waals surface area contributed by atoms with Crippen LogP contribution in [0.2, 0.25) is 0 Å². The number of hydrogen-bond acceptors (Lipinski definition) is 2. The van der Waals surface area contributed by atoms with E-state index in [-0.39, 0.29) is 6.04 Å². The Labute approximate surface area is 129 Å². The van der Waals surface area contributed by atoms with Gasteiger partial charge < -0.3 is 10.1 Å². The van der Waals surface area contributed by atoms with Crippen LogP contribution in [0.3, 0.4) is 0 Å². The van der Waals surface area contributed by atoms with E-state index >= 15 is 0 Å². The zero-order valence-electron chi connectivity index (χ0n) is 12.1. The standard InChI is InChI=1S/C17H20BrNO/c1-4-19-17(13-8-10-14(20-3)11-9-13)15-6-5-7-16(18)12(15)2/h5-11,17,19H,4H2,1-3H3. The van der Waals surface area contributed by atoms with Crippen LogP contribution >= 0.6 is 15.9 Å². The smallest absolute Gasteiger partial charge is 0.118 e. The molecule has 0 aromatic heterocycles. The van der Waals surface area contributed by atoms with Crippen LogP contribution in [0.5, 0.6) is 5.75 Å². The van der Waals surface area contributed by atoms with Crippen molar-refractivity contribution >= 4 is 15.9 Å². The van der Waals surface area contributed by atoms with Gasteiger partial charge in [-0.15, -0.1) is 0 Å². The fraction of sp³-hybridized carbons (Fsp3) is 0.294. The molecule has 106 valence electrons. The van der Waals surface area contributed by atoms with Gasteiger partial charge in [0.2, 0.25) is 0 Å². The van der Waals surface area contributed by atoms with Crippen molar-refractivity contribution in [1.82, 2.24) is 5.32 Å². The maximum atomic E-state index is 5.23. The van der Waals surface area contributed by atoms with Crippen molar-refractivity contribution in [2.45, 2.75) is 19.9 Å². The molecule has 1 unspecified atom stereocenters. The summed E-state index contributed by atoms with van der Waals surface area (Å²) < 4.78 is 6.37. The maximum absolute atomic E-state index is 5.23. The molecule has 2 aromatic carbocycles. The molecule has 2 rings (SSSR count). The van der Waals surface area contributed by atoms with Gasteiger partial charge in [0.15, 0.2) is 0 Å². The monoisotopic (exact) mass is 333 g/mol. The Balaban J connectivity index is 2.41. The third-order valence-corrected chi connectivity index (χ3v) is 4.34. The summed E-state index contributed by atoms with van der Waals surface area (Å²) in [5, 5.41) is 3.56. The van der Waals surface area contributed by atoms with Gasteiger partial charge in [-0.3, -0.25) is 0 Å². The average Bonchev–Trinajstić information content (AvgIpc) is 2.48. The first kappa shape index (κ1) is 15.1. The molecule has 0 heterocycles. The molecule has 0 bridgehead atoms. The summed E-state index contributed by atoms with van der Waals surface area (Å²) in [6.07, 6.45) is 0. The second kappa shape index (κ2) is 6.91. The lowest BCUT2D eigenvalue weighted by molar-refractivity contribution is 0.414. The second-order valence-corrected chi connectivity index (χ2v) is 5.57. The molecule has 3 heteroatoms. The minimum Gasteiger partial charge on any atom is -0.497 e. The third-order valence-electron chi connectivity index (χ3n) is 3.48. The predicted molar refractivity (Wildman–Crippen MR) is 87.4 cm³/mol. The zero-order chi connectivity index (χ0) is 14.5. The molecule has 0 aliphatic heterocycles. The van der Waals surface area contributed by atoms with E-state index < -0.39 is 0 Å². The summed E-state index contributed by atoms with van der Waals surface area (Å²) in [6, 6.07) is 14.8. The minimum absolute atomic E-state index is 0.198. The Kier molecular flexibility index (Phi) is 5.21. The minimum atomic E-state index is 0.198. The summed E-state index contributed by atoms with van der Waals surface area (Å²) in [5.41, 5.74) is 3.81. The van der Waals surface area contributed by atoms with Crippen LogP contribution in [0.15, 0.2) is 46.9 Å². The van der Waals surface area contributed by atoms with Crippen LogP contribution in [0.4, 0.5) is 0 Å². The summed E-state index contributed by atoms with van der Waals surface area (Å²) in [5.74, 6) is 0.884. The van der Waals surface area contributed by atoms with E-state index in [1.807, 2.05) is 12.1 Å². The van der Waals surface area contributed by atoms with Gasteiger partial charge in [-0.1, -0.05) is 47.1 Å². The number of halogens is 1. The topological polar surface area (TPSA) is 21.3 Å². The summed E-state index contributed by atoms with van der Waals surface area (Å²) >= 11 is 3.61. The van der Waals surface area contributed by atoms with Gasteiger partial charge in [0, 0.05) is 4.47 Å². The van der Waals surface area contributed by atoms with Gasteiger partial charge in [0.1, 0.15) is 5.75 Å². The van der Waals surface area contributed by atoms with Gasteiger partial charge >= 0.3 is 0 Å². The maximum Gasteiger partial charge on any atom is 0.118 e. The van der Waals surface area contributed by atoms with Gasteiger partial charge in [-0.05, 0) is 48.4 Å². The van der Waals surface area contributed by atoms with Crippen molar-refractivity contribution in [3.8, 4) is 5.75 Å². The van der Waals surface area contributed by atoms with E-state index in [1.54, 1.807) is 7.11 Å². The van der Waals surface area contributed by atoms with E-state index in [0.29, 0.717) is 0 Å². The second-order valence-electron chi connectivity index (χ2n) is 4.72. The van der Waals surface area contributed by atoms with E-state index in [4.69, 9.17) is 4.74 Å². The molecule has 20 heavy (non-hydrogen) atoms. The summed E-state index contributed by atoms with van der Waals surface area (Å²) in [7, 11) is 1.69. The van der Waals surface area contributed by atoms with Crippen molar-refractivity contribution in [2.75, 3.05) is 13.7 Å². The molecule has 0 radical (unpaired) electrons. The Bertz CT molecular complexity index is 566. The number of hydrogen-bond donors (Lipinski definition) is 1. The molecule has 0 amide bonds.